The monoisotopic (exact) mass is 321 g/mol. The zero-order valence-corrected chi connectivity index (χ0v) is 13.5. The van der Waals surface area contributed by atoms with Crippen LogP contribution in [0.5, 0.6) is 17.2 Å². The van der Waals surface area contributed by atoms with Gasteiger partial charge < -0.3 is 29.4 Å². The Balaban J connectivity index is 0.00000400. The molecule has 0 saturated heterocycles. The van der Waals surface area contributed by atoms with Gasteiger partial charge in [-0.2, -0.15) is 0 Å². The zero-order valence-electron chi connectivity index (χ0n) is 12.7. The Hall–Kier alpha value is -1.21. The lowest BCUT2D eigenvalue weighted by atomic mass is 10.1. The van der Waals surface area contributed by atoms with Crippen LogP contribution in [0.3, 0.4) is 0 Å². The Morgan fingerprint density at radius 2 is 1.57 bits per heavy atom. The van der Waals surface area contributed by atoms with Crippen LogP contribution >= 0.6 is 12.4 Å². The molecular weight excluding hydrogens is 298 g/mol. The molecule has 0 aliphatic rings. The van der Waals surface area contributed by atoms with E-state index >= 15 is 0 Å². The van der Waals surface area contributed by atoms with Crippen LogP contribution in [-0.2, 0) is 11.3 Å². The SMILES string of the molecule is COc1cc(OC)c(OC)cc1CNCCOCCO.Cl. The van der Waals surface area contributed by atoms with Gasteiger partial charge in [0.2, 0.25) is 0 Å². The second-order valence-corrected chi connectivity index (χ2v) is 4.03. The van der Waals surface area contributed by atoms with Gasteiger partial charge in [-0.05, 0) is 6.07 Å². The van der Waals surface area contributed by atoms with E-state index in [0.29, 0.717) is 37.8 Å². The van der Waals surface area contributed by atoms with Crippen molar-refractivity contribution in [3.05, 3.63) is 17.7 Å². The number of nitrogens with one attached hydrogen (secondary N) is 1. The molecule has 0 atom stereocenters. The van der Waals surface area contributed by atoms with Gasteiger partial charge >= 0.3 is 0 Å². The standard InChI is InChI=1S/C14H23NO5.ClH/c1-17-12-9-14(19-3)13(18-2)8-11(12)10-15-4-6-20-7-5-16;/h8-9,15-16H,4-7,10H2,1-3H3;1H. The van der Waals surface area contributed by atoms with Crippen LogP contribution in [0.2, 0.25) is 0 Å². The Morgan fingerprint density at radius 3 is 2.14 bits per heavy atom. The summed E-state index contributed by atoms with van der Waals surface area (Å²) in [5.41, 5.74) is 0.979. The van der Waals surface area contributed by atoms with Gasteiger partial charge in [0.25, 0.3) is 0 Å². The molecule has 0 spiro atoms. The second-order valence-electron chi connectivity index (χ2n) is 4.03. The summed E-state index contributed by atoms with van der Waals surface area (Å²) in [7, 11) is 4.81. The average Bonchev–Trinajstić information content (AvgIpc) is 2.49. The predicted octanol–water partition coefficient (Wildman–Crippen LogP) is 1.23. The van der Waals surface area contributed by atoms with E-state index in [0.717, 1.165) is 11.3 Å². The Morgan fingerprint density at radius 1 is 0.952 bits per heavy atom. The van der Waals surface area contributed by atoms with Gasteiger partial charge in [0, 0.05) is 24.7 Å². The van der Waals surface area contributed by atoms with Crippen LogP contribution in [-0.4, -0.2) is 52.8 Å². The molecule has 21 heavy (non-hydrogen) atoms. The number of methoxy groups -OCH3 is 3. The van der Waals surface area contributed by atoms with E-state index in [2.05, 4.69) is 5.32 Å². The van der Waals surface area contributed by atoms with E-state index in [9.17, 15) is 0 Å². The minimum atomic E-state index is 0. The maximum atomic E-state index is 8.59. The van der Waals surface area contributed by atoms with E-state index in [1.807, 2.05) is 6.07 Å². The molecule has 7 heteroatoms. The first-order valence-electron chi connectivity index (χ1n) is 6.45. The molecule has 122 valence electrons. The minimum absolute atomic E-state index is 0. The van der Waals surface area contributed by atoms with E-state index < -0.39 is 0 Å². The fourth-order valence-corrected chi connectivity index (χ4v) is 1.76. The van der Waals surface area contributed by atoms with Crippen LogP contribution in [0.4, 0.5) is 0 Å². The largest absolute Gasteiger partial charge is 0.496 e. The van der Waals surface area contributed by atoms with E-state index in [1.54, 1.807) is 27.4 Å². The van der Waals surface area contributed by atoms with Crippen molar-refractivity contribution in [1.29, 1.82) is 0 Å². The minimum Gasteiger partial charge on any atom is -0.496 e. The highest BCUT2D eigenvalue weighted by molar-refractivity contribution is 5.85. The first-order chi connectivity index (χ1) is 9.76. The van der Waals surface area contributed by atoms with Crippen molar-refractivity contribution in [1.82, 2.24) is 5.32 Å². The van der Waals surface area contributed by atoms with Gasteiger partial charge in [-0.1, -0.05) is 0 Å². The fourth-order valence-electron chi connectivity index (χ4n) is 1.76. The Bertz CT molecular complexity index is 403. The Labute approximate surface area is 131 Å². The van der Waals surface area contributed by atoms with E-state index in [4.69, 9.17) is 24.1 Å². The molecule has 1 rings (SSSR count). The molecular formula is C14H24ClNO5. The topological polar surface area (TPSA) is 69.2 Å². The molecule has 1 aromatic carbocycles. The number of rotatable bonds is 10. The summed E-state index contributed by atoms with van der Waals surface area (Å²) >= 11 is 0. The summed E-state index contributed by atoms with van der Waals surface area (Å²) in [6.45, 7) is 2.28. The highest BCUT2D eigenvalue weighted by Crippen LogP contribution is 2.34. The van der Waals surface area contributed by atoms with Gasteiger partial charge in [-0.25, -0.2) is 0 Å². The predicted molar refractivity (Wildman–Crippen MR) is 83.0 cm³/mol. The molecule has 0 radical (unpaired) electrons. The average molecular weight is 322 g/mol. The van der Waals surface area contributed by atoms with Crippen molar-refractivity contribution in [2.24, 2.45) is 0 Å². The van der Waals surface area contributed by atoms with Crippen molar-refractivity contribution in [3.63, 3.8) is 0 Å². The maximum Gasteiger partial charge on any atom is 0.164 e. The molecule has 0 aromatic heterocycles. The third-order valence-electron chi connectivity index (χ3n) is 2.76. The van der Waals surface area contributed by atoms with Gasteiger partial charge in [0.15, 0.2) is 11.5 Å². The zero-order chi connectivity index (χ0) is 14.8. The van der Waals surface area contributed by atoms with Crippen LogP contribution in [0.15, 0.2) is 12.1 Å². The van der Waals surface area contributed by atoms with Crippen molar-refractivity contribution in [3.8, 4) is 17.2 Å². The highest BCUT2D eigenvalue weighted by Gasteiger charge is 2.11. The normalized spacial score (nSPS) is 9.90. The van der Waals surface area contributed by atoms with Crippen LogP contribution < -0.4 is 19.5 Å². The summed E-state index contributed by atoms with van der Waals surface area (Å²) in [4.78, 5) is 0. The number of ether oxygens (including phenoxy) is 4. The third kappa shape index (κ3) is 6.39. The Kier molecular flexibility index (Phi) is 10.8. The van der Waals surface area contributed by atoms with Crippen LogP contribution in [0, 0.1) is 0 Å². The van der Waals surface area contributed by atoms with Gasteiger partial charge in [-0.3, -0.25) is 0 Å². The fraction of sp³-hybridized carbons (Fsp3) is 0.571. The number of hydrogen-bond donors (Lipinski definition) is 2. The molecule has 0 bridgehead atoms. The number of halogens is 1. The van der Waals surface area contributed by atoms with E-state index in [-0.39, 0.29) is 19.0 Å². The number of aliphatic hydroxyl groups is 1. The summed E-state index contributed by atoms with van der Waals surface area (Å²) in [6.07, 6.45) is 0. The molecule has 6 nitrogen and oxygen atoms in total. The molecule has 0 aliphatic heterocycles. The van der Waals surface area contributed by atoms with E-state index in [1.165, 1.54) is 0 Å². The lowest BCUT2D eigenvalue weighted by molar-refractivity contribution is 0.0937. The summed E-state index contributed by atoms with van der Waals surface area (Å²) in [6, 6.07) is 3.69. The van der Waals surface area contributed by atoms with Crippen molar-refractivity contribution in [2.75, 3.05) is 47.7 Å². The van der Waals surface area contributed by atoms with Crippen molar-refractivity contribution >= 4 is 12.4 Å². The molecule has 0 unspecified atom stereocenters. The van der Waals surface area contributed by atoms with Crippen molar-refractivity contribution in [2.45, 2.75) is 6.54 Å². The van der Waals surface area contributed by atoms with Gasteiger partial charge in [0.1, 0.15) is 5.75 Å². The van der Waals surface area contributed by atoms with Crippen LogP contribution in [0.1, 0.15) is 5.56 Å². The summed E-state index contributed by atoms with van der Waals surface area (Å²) in [5, 5.41) is 11.8. The highest BCUT2D eigenvalue weighted by atomic mass is 35.5. The maximum absolute atomic E-state index is 8.59. The lowest BCUT2D eigenvalue weighted by Gasteiger charge is -2.14. The summed E-state index contributed by atoms with van der Waals surface area (Å²) < 4.78 is 21.0. The number of aliphatic hydroxyl groups excluding tert-OH is 1. The molecule has 0 amide bonds. The quantitative estimate of drug-likeness (QED) is 0.632. The molecule has 0 saturated carbocycles. The lowest BCUT2D eigenvalue weighted by Crippen LogP contribution is -2.20. The third-order valence-corrected chi connectivity index (χ3v) is 2.76. The molecule has 2 N–H and O–H groups in total. The number of hydrogen-bond acceptors (Lipinski definition) is 6. The van der Waals surface area contributed by atoms with Crippen molar-refractivity contribution < 1.29 is 24.1 Å². The first-order valence-corrected chi connectivity index (χ1v) is 6.45. The second kappa shape index (κ2) is 11.4. The number of benzene rings is 1. The molecule has 0 fully saturated rings. The van der Waals surface area contributed by atoms with Crippen LogP contribution in [0.25, 0.3) is 0 Å². The molecule has 1 aromatic rings. The molecule has 0 aliphatic carbocycles. The van der Waals surface area contributed by atoms with Gasteiger partial charge in [0.05, 0.1) is 41.2 Å². The van der Waals surface area contributed by atoms with Gasteiger partial charge in [-0.15, -0.1) is 12.4 Å². The summed E-state index contributed by atoms with van der Waals surface area (Å²) in [5.74, 6) is 2.05. The smallest absolute Gasteiger partial charge is 0.164 e. The first kappa shape index (κ1) is 19.8. The molecule has 0 heterocycles.